The Morgan fingerprint density at radius 3 is 2.86 bits per heavy atom. The lowest BCUT2D eigenvalue weighted by atomic mass is 10.1. The van der Waals surface area contributed by atoms with E-state index in [9.17, 15) is 0 Å². The molecule has 4 rings (SSSR count). The molecule has 21 heavy (non-hydrogen) atoms. The van der Waals surface area contributed by atoms with Crippen LogP contribution in [0, 0.1) is 0 Å². The molecule has 0 bridgehead atoms. The lowest BCUT2D eigenvalue weighted by Crippen LogP contribution is -2.36. The molecule has 0 saturated carbocycles. The van der Waals surface area contributed by atoms with Gasteiger partial charge in [-0.2, -0.15) is 0 Å². The molecule has 5 nitrogen and oxygen atoms in total. The molecule has 2 aliphatic heterocycles. The van der Waals surface area contributed by atoms with Crippen LogP contribution in [-0.2, 0) is 13.0 Å². The molecule has 2 saturated heterocycles. The van der Waals surface area contributed by atoms with E-state index in [2.05, 4.69) is 39.1 Å². The molecule has 2 atom stereocenters. The predicted molar refractivity (Wildman–Crippen MR) is 82.6 cm³/mol. The third-order valence-electron chi connectivity index (χ3n) is 4.71. The predicted octanol–water partition coefficient (Wildman–Crippen LogP) is 2.55. The number of hydrogen-bond donors (Lipinski definition) is 0. The van der Waals surface area contributed by atoms with Gasteiger partial charge in [-0.05, 0) is 25.0 Å². The smallest absolute Gasteiger partial charge is 0.208 e. The average molecular weight is 304 g/mol. The van der Waals surface area contributed by atoms with Gasteiger partial charge in [0.05, 0.1) is 6.54 Å². The molecule has 0 aromatic carbocycles. The minimum atomic E-state index is 0.596. The number of anilines is 1. The van der Waals surface area contributed by atoms with Crippen LogP contribution < -0.4 is 4.90 Å². The Kier molecular flexibility index (Phi) is 3.43. The summed E-state index contributed by atoms with van der Waals surface area (Å²) in [5, 5.41) is 9.30. The van der Waals surface area contributed by atoms with Gasteiger partial charge in [0.1, 0.15) is 17.0 Å². The van der Waals surface area contributed by atoms with Crippen LogP contribution in [0.15, 0.2) is 22.1 Å². The Morgan fingerprint density at radius 2 is 2.10 bits per heavy atom. The molecule has 0 unspecified atom stereocenters. The molecule has 2 aromatic heterocycles. The van der Waals surface area contributed by atoms with Crippen LogP contribution in [0.1, 0.15) is 31.3 Å². The van der Waals surface area contributed by atoms with Gasteiger partial charge in [0.15, 0.2) is 0 Å². The van der Waals surface area contributed by atoms with Gasteiger partial charge in [-0.3, -0.25) is 4.90 Å². The molecule has 4 heterocycles. The Balaban J connectivity index is 1.46. The second-order valence-electron chi connectivity index (χ2n) is 5.82. The van der Waals surface area contributed by atoms with E-state index in [1.165, 1.54) is 12.8 Å². The van der Waals surface area contributed by atoms with Crippen LogP contribution >= 0.6 is 11.3 Å². The number of aromatic nitrogens is 2. The lowest BCUT2D eigenvalue weighted by molar-refractivity contribution is 0.224. The summed E-state index contributed by atoms with van der Waals surface area (Å²) in [6, 6.07) is 5.46. The largest absolute Gasteiger partial charge is 0.465 e. The van der Waals surface area contributed by atoms with E-state index in [0.717, 1.165) is 42.7 Å². The molecule has 0 spiro atoms. The summed E-state index contributed by atoms with van der Waals surface area (Å²) < 4.78 is 5.87. The van der Waals surface area contributed by atoms with Gasteiger partial charge < -0.3 is 9.32 Å². The summed E-state index contributed by atoms with van der Waals surface area (Å²) in [6.45, 7) is 5.31. The number of aryl methyl sites for hydroxylation is 1. The quantitative estimate of drug-likeness (QED) is 0.868. The third-order valence-corrected chi connectivity index (χ3v) is 5.44. The van der Waals surface area contributed by atoms with E-state index in [4.69, 9.17) is 4.42 Å². The van der Waals surface area contributed by atoms with Crippen molar-refractivity contribution in [3.05, 3.63) is 29.2 Å². The minimum absolute atomic E-state index is 0.596. The first kappa shape index (κ1) is 13.3. The fraction of sp³-hybridized carbons (Fsp3) is 0.600. The van der Waals surface area contributed by atoms with Crippen molar-refractivity contribution in [1.82, 2.24) is 15.1 Å². The average Bonchev–Trinajstić information content (AvgIpc) is 3.25. The van der Waals surface area contributed by atoms with Crippen molar-refractivity contribution in [2.45, 2.75) is 44.8 Å². The van der Waals surface area contributed by atoms with Gasteiger partial charge in [-0.25, -0.2) is 0 Å². The molecule has 2 aliphatic rings. The highest BCUT2D eigenvalue weighted by atomic mass is 32.1. The van der Waals surface area contributed by atoms with Crippen LogP contribution in [0.2, 0.25) is 0 Å². The zero-order valence-corrected chi connectivity index (χ0v) is 13.1. The Labute approximate surface area is 128 Å². The van der Waals surface area contributed by atoms with Crippen molar-refractivity contribution < 1.29 is 4.42 Å². The van der Waals surface area contributed by atoms with Crippen molar-refractivity contribution in [2.75, 3.05) is 18.0 Å². The maximum atomic E-state index is 5.87. The van der Waals surface area contributed by atoms with Gasteiger partial charge in [0.2, 0.25) is 5.13 Å². The first-order chi connectivity index (χ1) is 10.3. The maximum Gasteiger partial charge on any atom is 0.208 e. The van der Waals surface area contributed by atoms with Gasteiger partial charge in [0.25, 0.3) is 0 Å². The first-order valence-electron chi connectivity index (χ1n) is 7.69. The van der Waals surface area contributed by atoms with E-state index in [0.29, 0.717) is 12.1 Å². The number of nitrogens with zero attached hydrogens (tertiary/aromatic N) is 4. The molecule has 0 radical (unpaired) electrons. The van der Waals surface area contributed by atoms with Crippen molar-refractivity contribution in [3.8, 4) is 0 Å². The highest BCUT2D eigenvalue weighted by Gasteiger charge is 2.43. The summed E-state index contributed by atoms with van der Waals surface area (Å²) in [7, 11) is 0. The summed E-state index contributed by atoms with van der Waals surface area (Å²) >= 11 is 1.65. The van der Waals surface area contributed by atoms with Crippen LogP contribution in [-0.4, -0.2) is 40.3 Å². The minimum Gasteiger partial charge on any atom is -0.465 e. The van der Waals surface area contributed by atoms with Gasteiger partial charge >= 0.3 is 0 Å². The normalized spacial score (nSPS) is 25.7. The maximum absolute atomic E-state index is 5.87. The summed E-state index contributed by atoms with van der Waals surface area (Å²) in [5.41, 5.74) is 1.82. The van der Waals surface area contributed by atoms with Crippen molar-refractivity contribution >= 4 is 16.5 Å². The fourth-order valence-electron chi connectivity index (χ4n) is 3.70. The third kappa shape index (κ3) is 2.36. The molecule has 2 aromatic rings. The molecule has 112 valence electrons. The summed E-state index contributed by atoms with van der Waals surface area (Å²) in [4.78, 5) is 5.02. The Hall–Kier alpha value is -1.40. The number of likely N-dealkylation sites (tertiary alicyclic amines) is 1. The van der Waals surface area contributed by atoms with Crippen LogP contribution in [0.3, 0.4) is 0 Å². The first-order valence-corrected chi connectivity index (χ1v) is 8.57. The standard InChI is InChI=1S/C15H20N4OS/c1-2-11-3-4-12(20-11)9-18-7-5-14-13(18)6-8-19(14)15-17-16-10-21-15/h3-4,10,13-14H,2,5-9H2,1H3/t13-,14+/m1/s1. The van der Waals surface area contributed by atoms with Gasteiger partial charge in [0, 0.05) is 31.6 Å². The summed E-state index contributed by atoms with van der Waals surface area (Å²) in [5.74, 6) is 2.18. The van der Waals surface area contributed by atoms with Crippen molar-refractivity contribution in [2.24, 2.45) is 0 Å². The van der Waals surface area contributed by atoms with E-state index < -0.39 is 0 Å². The molecule has 2 fully saturated rings. The SMILES string of the molecule is CCc1ccc(CN2CC[C@H]3[C@H]2CCN3c2nncs2)o1. The zero-order chi connectivity index (χ0) is 14.2. The molecular weight excluding hydrogens is 284 g/mol. The Bertz CT molecular complexity index is 597. The van der Waals surface area contributed by atoms with E-state index in [1.807, 2.05) is 5.51 Å². The second kappa shape index (κ2) is 5.42. The molecule has 0 amide bonds. The van der Waals surface area contributed by atoms with Crippen LogP contribution in [0.4, 0.5) is 5.13 Å². The highest BCUT2D eigenvalue weighted by molar-refractivity contribution is 7.13. The highest BCUT2D eigenvalue weighted by Crippen LogP contribution is 2.36. The number of rotatable bonds is 4. The number of fused-ring (bicyclic) bond motifs is 1. The molecule has 0 N–H and O–H groups in total. The zero-order valence-electron chi connectivity index (χ0n) is 12.2. The molecule has 6 heteroatoms. The fourth-order valence-corrected chi connectivity index (χ4v) is 4.34. The lowest BCUT2D eigenvalue weighted by Gasteiger charge is -2.24. The van der Waals surface area contributed by atoms with Gasteiger partial charge in [-0.1, -0.05) is 18.3 Å². The van der Waals surface area contributed by atoms with Crippen LogP contribution in [0.25, 0.3) is 0 Å². The number of hydrogen-bond acceptors (Lipinski definition) is 6. The number of furan rings is 1. The van der Waals surface area contributed by atoms with Crippen molar-refractivity contribution in [1.29, 1.82) is 0 Å². The topological polar surface area (TPSA) is 45.4 Å². The molecule has 0 aliphatic carbocycles. The van der Waals surface area contributed by atoms with E-state index in [-0.39, 0.29) is 0 Å². The molecular formula is C15H20N4OS. The monoisotopic (exact) mass is 304 g/mol. The second-order valence-corrected chi connectivity index (χ2v) is 6.63. The van der Waals surface area contributed by atoms with E-state index in [1.54, 1.807) is 11.3 Å². The summed E-state index contributed by atoms with van der Waals surface area (Å²) in [6.07, 6.45) is 3.40. The van der Waals surface area contributed by atoms with Crippen LogP contribution in [0.5, 0.6) is 0 Å². The van der Waals surface area contributed by atoms with E-state index >= 15 is 0 Å². The Morgan fingerprint density at radius 1 is 1.24 bits per heavy atom. The van der Waals surface area contributed by atoms with Crippen molar-refractivity contribution in [3.63, 3.8) is 0 Å². The van der Waals surface area contributed by atoms with Gasteiger partial charge in [-0.15, -0.1) is 10.2 Å².